The van der Waals surface area contributed by atoms with Gasteiger partial charge < -0.3 is 22.5 Å². The number of methoxy groups -OCH3 is 1. The van der Waals surface area contributed by atoms with E-state index in [4.69, 9.17) is 0 Å². The molecular weight excluding hydrogens is 364 g/mol. The van der Waals surface area contributed by atoms with Crippen LogP contribution in [0.25, 0.3) is 0 Å². The fraction of sp³-hybridized carbons (Fsp3) is 0.0952. The van der Waals surface area contributed by atoms with Gasteiger partial charge in [-0.15, -0.1) is 0 Å². The Morgan fingerprint density at radius 1 is 0.889 bits per heavy atom. The molecule has 5 nitrogen and oxygen atoms in total. The van der Waals surface area contributed by atoms with Crippen LogP contribution in [0.3, 0.4) is 0 Å². The number of benzene rings is 2. The predicted octanol–water partition coefficient (Wildman–Crippen LogP) is 0.0653. The molecule has 0 atom stereocenters. The zero-order valence-corrected chi connectivity index (χ0v) is 15.5. The minimum Gasteiger partial charge on any atom is -1.00 e. The number of ether oxygens (including phenoxy) is 1. The molecule has 1 amide bonds. The number of carbonyl (C=O) groups is 2. The maximum atomic E-state index is 12.3. The highest BCUT2D eigenvalue weighted by Gasteiger charge is 2.10. The number of amides is 1. The molecular formula is C21H19ClN2O3. The lowest BCUT2D eigenvalue weighted by molar-refractivity contribution is -0.688. The van der Waals surface area contributed by atoms with E-state index in [1.807, 2.05) is 35.2 Å². The molecule has 0 aliphatic carbocycles. The number of pyridine rings is 1. The topological polar surface area (TPSA) is 59.3 Å². The van der Waals surface area contributed by atoms with E-state index in [-0.39, 0.29) is 18.3 Å². The van der Waals surface area contributed by atoms with E-state index in [1.165, 1.54) is 12.7 Å². The van der Waals surface area contributed by atoms with Crippen LogP contribution in [0.2, 0.25) is 0 Å². The lowest BCUT2D eigenvalue weighted by atomic mass is 10.2. The first kappa shape index (κ1) is 20.1. The molecule has 0 spiro atoms. The lowest BCUT2D eigenvalue weighted by Crippen LogP contribution is -3.00. The Bertz CT molecular complexity index is 895. The molecule has 3 rings (SSSR count). The van der Waals surface area contributed by atoms with Gasteiger partial charge in [-0.25, -0.2) is 9.36 Å². The quantitative estimate of drug-likeness (QED) is 0.501. The summed E-state index contributed by atoms with van der Waals surface area (Å²) in [4.78, 5) is 23.8. The van der Waals surface area contributed by atoms with Crippen LogP contribution >= 0.6 is 0 Å². The number of halogens is 1. The van der Waals surface area contributed by atoms with Crippen molar-refractivity contribution in [1.82, 2.24) is 0 Å². The number of hydrogen-bond acceptors (Lipinski definition) is 3. The van der Waals surface area contributed by atoms with Crippen LogP contribution in [-0.2, 0) is 11.3 Å². The van der Waals surface area contributed by atoms with E-state index in [0.717, 1.165) is 6.54 Å². The second-order valence-corrected chi connectivity index (χ2v) is 5.77. The highest BCUT2D eigenvalue weighted by Crippen LogP contribution is 2.12. The molecule has 0 radical (unpaired) electrons. The summed E-state index contributed by atoms with van der Waals surface area (Å²) in [6.45, 7) is 0.748. The van der Waals surface area contributed by atoms with E-state index in [9.17, 15) is 9.59 Å². The van der Waals surface area contributed by atoms with Crippen molar-refractivity contribution in [3.63, 3.8) is 0 Å². The number of esters is 1. The summed E-state index contributed by atoms with van der Waals surface area (Å²) in [5.41, 5.74) is 2.81. The summed E-state index contributed by atoms with van der Waals surface area (Å²) in [5, 5.41) is 2.81. The van der Waals surface area contributed by atoms with E-state index < -0.39 is 5.97 Å². The maximum Gasteiger partial charge on any atom is 0.337 e. The average molecular weight is 383 g/mol. The monoisotopic (exact) mass is 382 g/mol. The molecule has 2 aromatic carbocycles. The van der Waals surface area contributed by atoms with Crippen molar-refractivity contribution >= 4 is 17.6 Å². The van der Waals surface area contributed by atoms with Gasteiger partial charge in [0.25, 0.3) is 5.91 Å². The molecule has 3 aromatic rings. The summed E-state index contributed by atoms with van der Waals surface area (Å²) in [5.74, 6) is -0.614. The average Bonchev–Trinajstić information content (AvgIpc) is 2.69. The maximum absolute atomic E-state index is 12.3. The summed E-state index contributed by atoms with van der Waals surface area (Å²) < 4.78 is 6.66. The van der Waals surface area contributed by atoms with Gasteiger partial charge in [0.05, 0.1) is 18.2 Å². The molecule has 0 fully saturated rings. The van der Waals surface area contributed by atoms with Crippen LogP contribution in [0, 0.1) is 0 Å². The third-order valence-electron chi connectivity index (χ3n) is 3.93. The number of carbonyl (C=O) groups excluding carboxylic acids is 2. The number of hydrogen-bond donors (Lipinski definition) is 1. The van der Waals surface area contributed by atoms with E-state index in [0.29, 0.717) is 16.8 Å². The van der Waals surface area contributed by atoms with Crippen LogP contribution in [0.15, 0.2) is 79.1 Å². The third kappa shape index (κ3) is 5.39. The minimum absolute atomic E-state index is 0. The molecule has 0 aliphatic rings. The van der Waals surface area contributed by atoms with Crippen LogP contribution < -0.4 is 22.3 Å². The fourth-order valence-corrected chi connectivity index (χ4v) is 2.52. The van der Waals surface area contributed by atoms with E-state index >= 15 is 0 Å². The molecule has 1 aromatic heterocycles. The Hall–Kier alpha value is -3.18. The Morgan fingerprint density at radius 3 is 2.11 bits per heavy atom. The van der Waals surface area contributed by atoms with Gasteiger partial charge in [-0.05, 0) is 24.3 Å². The number of anilines is 1. The summed E-state index contributed by atoms with van der Waals surface area (Å²) >= 11 is 0. The van der Waals surface area contributed by atoms with Crippen LogP contribution in [0.4, 0.5) is 5.69 Å². The van der Waals surface area contributed by atoms with Crippen molar-refractivity contribution in [2.24, 2.45) is 0 Å². The van der Waals surface area contributed by atoms with Crippen LogP contribution in [-0.4, -0.2) is 19.0 Å². The van der Waals surface area contributed by atoms with Gasteiger partial charge in [0.1, 0.15) is 0 Å². The first-order valence-corrected chi connectivity index (χ1v) is 8.18. The molecule has 1 N–H and O–H groups in total. The molecule has 0 unspecified atom stereocenters. The number of nitrogens with zero attached hydrogens (tertiary/aromatic N) is 1. The van der Waals surface area contributed by atoms with Gasteiger partial charge >= 0.3 is 5.97 Å². The standard InChI is InChI=1S/C21H18N2O3.ClH/c1-26-21(25)18-7-9-19(10-8-18)22-20(24)17-11-13-23(14-12-17)15-16-5-3-2-4-6-16;/h2-14H,15H2,1H3;1H. The molecule has 0 saturated heterocycles. The molecule has 1 heterocycles. The SMILES string of the molecule is COC(=O)c1ccc(NC(=O)c2cc[n+](Cc3ccccc3)cc2)cc1.[Cl-]. The van der Waals surface area contributed by atoms with Gasteiger partial charge in [-0.1, -0.05) is 30.3 Å². The summed E-state index contributed by atoms with van der Waals surface area (Å²) in [6.07, 6.45) is 3.75. The van der Waals surface area contributed by atoms with Gasteiger partial charge in [-0.3, -0.25) is 4.79 Å². The Morgan fingerprint density at radius 2 is 1.52 bits per heavy atom. The van der Waals surface area contributed by atoms with Crippen LogP contribution in [0.1, 0.15) is 26.3 Å². The second kappa shape index (κ2) is 9.50. The predicted molar refractivity (Wildman–Crippen MR) is 97.9 cm³/mol. The first-order chi connectivity index (χ1) is 12.7. The Kier molecular flexibility index (Phi) is 7.08. The zero-order valence-electron chi connectivity index (χ0n) is 14.8. The van der Waals surface area contributed by atoms with Gasteiger partial charge in [0.15, 0.2) is 18.9 Å². The van der Waals surface area contributed by atoms with Gasteiger partial charge in [0, 0.05) is 23.4 Å². The molecule has 0 saturated carbocycles. The Labute approximate surface area is 164 Å². The normalized spacial score (nSPS) is 9.81. The summed E-state index contributed by atoms with van der Waals surface area (Å²) in [6, 6.07) is 20.2. The fourth-order valence-electron chi connectivity index (χ4n) is 2.52. The van der Waals surface area contributed by atoms with Gasteiger partial charge in [0.2, 0.25) is 0 Å². The second-order valence-electron chi connectivity index (χ2n) is 5.77. The minimum atomic E-state index is -0.408. The first-order valence-electron chi connectivity index (χ1n) is 8.18. The van der Waals surface area contributed by atoms with Crippen molar-refractivity contribution in [2.45, 2.75) is 6.54 Å². The number of aromatic nitrogens is 1. The van der Waals surface area contributed by atoms with Crippen molar-refractivity contribution in [2.75, 3.05) is 12.4 Å². The number of nitrogens with one attached hydrogen (secondary N) is 1. The largest absolute Gasteiger partial charge is 1.00 e. The highest BCUT2D eigenvalue weighted by molar-refractivity contribution is 6.04. The smallest absolute Gasteiger partial charge is 0.337 e. The molecule has 27 heavy (non-hydrogen) atoms. The molecule has 0 bridgehead atoms. The van der Waals surface area contributed by atoms with Crippen LogP contribution in [0.5, 0.6) is 0 Å². The van der Waals surface area contributed by atoms with Crippen molar-refractivity contribution < 1.29 is 31.3 Å². The zero-order chi connectivity index (χ0) is 18.4. The number of rotatable bonds is 5. The van der Waals surface area contributed by atoms with Gasteiger partial charge in [-0.2, -0.15) is 0 Å². The highest BCUT2D eigenvalue weighted by atomic mass is 35.5. The van der Waals surface area contributed by atoms with Crippen molar-refractivity contribution in [3.8, 4) is 0 Å². The van der Waals surface area contributed by atoms with Crippen molar-refractivity contribution in [3.05, 3.63) is 95.8 Å². The lowest BCUT2D eigenvalue weighted by Gasteiger charge is -2.06. The third-order valence-corrected chi connectivity index (χ3v) is 3.93. The molecule has 6 heteroatoms. The molecule has 138 valence electrons. The van der Waals surface area contributed by atoms with Crippen molar-refractivity contribution in [1.29, 1.82) is 0 Å². The molecule has 0 aliphatic heterocycles. The van der Waals surface area contributed by atoms with E-state index in [2.05, 4.69) is 22.2 Å². The Balaban J connectivity index is 0.00000261. The summed E-state index contributed by atoms with van der Waals surface area (Å²) in [7, 11) is 1.33. The van der Waals surface area contributed by atoms with E-state index in [1.54, 1.807) is 36.4 Å².